The van der Waals surface area contributed by atoms with Crippen molar-refractivity contribution < 1.29 is 32.0 Å². The molecular formula is C19H19F4N5O3. The Hall–Kier alpha value is -3.15. The number of carbonyl (C=O) groups excluding carboxylic acids is 2. The van der Waals surface area contributed by atoms with Crippen LogP contribution in [0.5, 0.6) is 0 Å². The molecule has 166 valence electrons. The van der Waals surface area contributed by atoms with Gasteiger partial charge < -0.3 is 10.2 Å². The zero-order valence-electron chi connectivity index (χ0n) is 16.7. The third-order valence-electron chi connectivity index (χ3n) is 5.36. The van der Waals surface area contributed by atoms with Crippen molar-refractivity contribution in [3.63, 3.8) is 0 Å². The Balaban J connectivity index is 1.61. The maximum atomic E-state index is 14.1. The Bertz CT molecular complexity index is 1050. The number of nitrogens with one attached hydrogen (secondary N) is 1. The van der Waals surface area contributed by atoms with E-state index < -0.39 is 35.2 Å². The average molecular weight is 441 g/mol. The van der Waals surface area contributed by atoms with Gasteiger partial charge >= 0.3 is 12.2 Å². The highest BCUT2D eigenvalue weighted by atomic mass is 19.4. The molecule has 0 fully saturated rings. The minimum atomic E-state index is -4.68. The van der Waals surface area contributed by atoms with Crippen LogP contribution in [0.2, 0.25) is 0 Å². The van der Waals surface area contributed by atoms with E-state index in [1.165, 1.54) is 16.6 Å². The van der Waals surface area contributed by atoms with Gasteiger partial charge in [0.25, 0.3) is 5.91 Å². The molecule has 0 aliphatic carbocycles. The van der Waals surface area contributed by atoms with Gasteiger partial charge in [0.15, 0.2) is 0 Å². The summed E-state index contributed by atoms with van der Waals surface area (Å²) in [4.78, 5) is 32.1. The molecule has 2 aliphatic rings. The van der Waals surface area contributed by atoms with Gasteiger partial charge in [0.2, 0.25) is 0 Å². The van der Waals surface area contributed by atoms with Crippen LogP contribution in [-0.4, -0.2) is 51.4 Å². The molecule has 2 aromatic rings. The van der Waals surface area contributed by atoms with E-state index in [9.17, 15) is 27.2 Å². The Morgan fingerprint density at radius 3 is 2.77 bits per heavy atom. The summed E-state index contributed by atoms with van der Waals surface area (Å²) in [6, 6.07) is 0.663. The normalized spacial score (nSPS) is 19.0. The summed E-state index contributed by atoms with van der Waals surface area (Å²) in [5.74, 6) is -1.40. The molecule has 0 saturated heterocycles. The molecule has 0 spiro atoms. The van der Waals surface area contributed by atoms with Crippen molar-refractivity contribution >= 4 is 17.6 Å². The SMILES string of the molecule is C[C@@H]1Cc2nn3c(c2CN1C(=O)Nc1cc(C(F)(F)F)ccc1F)C(=O)N(C)OCC3. The number of nitrogens with zero attached hydrogens (tertiary/aromatic N) is 4. The number of alkyl halides is 3. The zero-order valence-corrected chi connectivity index (χ0v) is 16.7. The highest BCUT2D eigenvalue weighted by Gasteiger charge is 2.36. The molecule has 2 aliphatic heterocycles. The van der Waals surface area contributed by atoms with E-state index in [0.29, 0.717) is 48.1 Å². The standard InChI is InChI=1S/C19H19F4N5O3/c1-10-7-14-12(16-17(29)26(2)31-6-5-28(16)25-14)9-27(10)18(30)24-15-8-11(19(21,22)23)3-4-13(15)20/h3-4,8,10H,5-7,9H2,1-2H3,(H,24,30)/t10-/m1/s1. The minimum Gasteiger partial charge on any atom is -0.317 e. The van der Waals surface area contributed by atoms with Crippen LogP contribution >= 0.6 is 0 Å². The van der Waals surface area contributed by atoms with Crippen LogP contribution in [0.4, 0.5) is 28.0 Å². The third kappa shape index (κ3) is 3.82. The molecule has 4 rings (SSSR count). The van der Waals surface area contributed by atoms with Gasteiger partial charge in [0.05, 0.1) is 36.6 Å². The van der Waals surface area contributed by atoms with E-state index in [1.54, 1.807) is 6.92 Å². The van der Waals surface area contributed by atoms with Crippen molar-refractivity contribution in [1.29, 1.82) is 0 Å². The lowest BCUT2D eigenvalue weighted by Gasteiger charge is -2.33. The van der Waals surface area contributed by atoms with Crippen molar-refractivity contribution in [2.75, 3.05) is 19.0 Å². The molecule has 0 radical (unpaired) electrons. The highest BCUT2D eigenvalue weighted by Crippen LogP contribution is 2.33. The van der Waals surface area contributed by atoms with E-state index in [2.05, 4.69) is 10.4 Å². The van der Waals surface area contributed by atoms with Gasteiger partial charge in [0.1, 0.15) is 11.5 Å². The van der Waals surface area contributed by atoms with Crippen LogP contribution in [0.15, 0.2) is 18.2 Å². The number of fused-ring (bicyclic) bond motifs is 3. The number of hydrogen-bond donors (Lipinski definition) is 1. The number of hydroxylamine groups is 2. The first kappa shape index (κ1) is 21.1. The fourth-order valence-electron chi connectivity index (χ4n) is 3.72. The summed E-state index contributed by atoms with van der Waals surface area (Å²) >= 11 is 0. The smallest absolute Gasteiger partial charge is 0.317 e. The molecule has 3 amide bonds. The second-order valence-electron chi connectivity index (χ2n) is 7.44. The van der Waals surface area contributed by atoms with Gasteiger partial charge in [-0.25, -0.2) is 14.2 Å². The summed E-state index contributed by atoms with van der Waals surface area (Å²) in [5.41, 5.74) is -0.143. The van der Waals surface area contributed by atoms with E-state index >= 15 is 0 Å². The predicted molar refractivity (Wildman–Crippen MR) is 99.4 cm³/mol. The number of aromatic nitrogens is 2. The first-order valence-corrected chi connectivity index (χ1v) is 9.50. The van der Waals surface area contributed by atoms with Gasteiger partial charge in [-0.15, -0.1) is 0 Å². The molecule has 3 heterocycles. The van der Waals surface area contributed by atoms with E-state index in [4.69, 9.17) is 4.84 Å². The van der Waals surface area contributed by atoms with E-state index in [0.717, 1.165) is 5.06 Å². The Morgan fingerprint density at radius 1 is 1.32 bits per heavy atom. The van der Waals surface area contributed by atoms with Crippen molar-refractivity contribution in [2.45, 2.75) is 38.7 Å². The maximum Gasteiger partial charge on any atom is 0.416 e. The summed E-state index contributed by atoms with van der Waals surface area (Å²) in [6.07, 6.45) is -4.34. The molecule has 31 heavy (non-hydrogen) atoms. The fourth-order valence-corrected chi connectivity index (χ4v) is 3.72. The number of anilines is 1. The molecule has 0 bridgehead atoms. The number of amides is 3. The summed E-state index contributed by atoms with van der Waals surface area (Å²) < 4.78 is 54.4. The molecule has 0 saturated carbocycles. The van der Waals surface area contributed by atoms with Gasteiger partial charge in [-0.2, -0.15) is 18.3 Å². The number of carbonyl (C=O) groups is 2. The molecular weight excluding hydrogens is 422 g/mol. The quantitative estimate of drug-likeness (QED) is 0.690. The number of halogens is 4. The first-order valence-electron chi connectivity index (χ1n) is 9.50. The summed E-state index contributed by atoms with van der Waals surface area (Å²) in [5, 5.41) is 7.78. The Kier molecular flexibility index (Phi) is 5.12. The molecule has 12 heteroatoms. The zero-order chi connectivity index (χ0) is 22.5. The van der Waals surface area contributed by atoms with Crippen LogP contribution in [0.1, 0.15) is 34.2 Å². The highest BCUT2D eigenvalue weighted by molar-refractivity contribution is 5.94. The lowest BCUT2D eigenvalue weighted by atomic mass is 9.99. The monoisotopic (exact) mass is 441 g/mol. The van der Waals surface area contributed by atoms with Gasteiger partial charge in [-0.05, 0) is 25.1 Å². The molecule has 8 nitrogen and oxygen atoms in total. The number of hydrogen-bond acceptors (Lipinski definition) is 4. The van der Waals surface area contributed by atoms with Crippen molar-refractivity contribution in [1.82, 2.24) is 19.7 Å². The van der Waals surface area contributed by atoms with Crippen LogP contribution in [0.25, 0.3) is 0 Å². The minimum absolute atomic E-state index is 0.00216. The van der Waals surface area contributed by atoms with Crippen molar-refractivity contribution in [3.05, 3.63) is 46.5 Å². The summed E-state index contributed by atoms with van der Waals surface area (Å²) in [7, 11) is 1.48. The molecule has 1 atom stereocenters. The van der Waals surface area contributed by atoms with Crippen LogP contribution in [-0.2, 0) is 30.5 Å². The van der Waals surface area contributed by atoms with E-state index in [-0.39, 0.29) is 19.2 Å². The second kappa shape index (κ2) is 7.52. The van der Waals surface area contributed by atoms with Crippen LogP contribution < -0.4 is 5.32 Å². The van der Waals surface area contributed by atoms with Gasteiger partial charge in [0, 0.05) is 25.1 Å². The van der Waals surface area contributed by atoms with Crippen LogP contribution in [0, 0.1) is 5.82 Å². The van der Waals surface area contributed by atoms with Crippen molar-refractivity contribution in [3.8, 4) is 0 Å². The third-order valence-corrected chi connectivity index (χ3v) is 5.36. The van der Waals surface area contributed by atoms with Crippen LogP contribution in [0.3, 0.4) is 0 Å². The summed E-state index contributed by atoms with van der Waals surface area (Å²) in [6.45, 7) is 2.35. The number of rotatable bonds is 1. The predicted octanol–water partition coefficient (Wildman–Crippen LogP) is 3.04. The Labute approximate surface area is 174 Å². The van der Waals surface area contributed by atoms with Crippen molar-refractivity contribution in [2.24, 2.45) is 0 Å². The molecule has 1 N–H and O–H groups in total. The molecule has 1 aromatic heterocycles. The maximum absolute atomic E-state index is 14.1. The number of urea groups is 1. The largest absolute Gasteiger partial charge is 0.416 e. The van der Waals surface area contributed by atoms with Gasteiger partial charge in [-0.3, -0.25) is 14.3 Å². The molecule has 1 aromatic carbocycles. The average Bonchev–Trinajstić information content (AvgIpc) is 2.97. The lowest BCUT2D eigenvalue weighted by Crippen LogP contribution is -2.45. The topological polar surface area (TPSA) is 79.7 Å². The Morgan fingerprint density at radius 2 is 2.06 bits per heavy atom. The number of benzene rings is 1. The second-order valence-corrected chi connectivity index (χ2v) is 7.44. The van der Waals surface area contributed by atoms with E-state index in [1.807, 2.05) is 0 Å². The van der Waals surface area contributed by atoms with Gasteiger partial charge in [-0.1, -0.05) is 0 Å². The fraction of sp³-hybridized carbons (Fsp3) is 0.421. The first-order chi connectivity index (χ1) is 14.6. The molecule has 0 unspecified atom stereocenters. The lowest BCUT2D eigenvalue weighted by molar-refractivity contribution is -0.137.